The molecular weight excluding hydrogens is 204 g/mol. The Bertz CT molecular complexity index is 309. The zero-order valence-corrected chi connectivity index (χ0v) is 9.62. The molecule has 0 saturated heterocycles. The number of allylic oxidation sites excluding steroid dienone is 1. The molecule has 2 nitrogen and oxygen atoms in total. The Kier molecular flexibility index (Phi) is 3.78. The summed E-state index contributed by atoms with van der Waals surface area (Å²) in [6.07, 6.45) is 9.56. The third-order valence-electron chi connectivity index (χ3n) is 2.73. The van der Waals surface area contributed by atoms with Crippen molar-refractivity contribution >= 4 is 11.8 Å². The lowest BCUT2D eigenvalue weighted by Gasteiger charge is -2.12. The van der Waals surface area contributed by atoms with E-state index in [9.17, 15) is 0 Å². The number of nitrogens with zero attached hydrogens (tertiary/aromatic N) is 2. The van der Waals surface area contributed by atoms with E-state index in [-0.39, 0.29) is 0 Å². The van der Waals surface area contributed by atoms with Crippen LogP contribution in [0.1, 0.15) is 19.3 Å². The highest BCUT2D eigenvalue weighted by molar-refractivity contribution is 7.99. The van der Waals surface area contributed by atoms with Crippen LogP contribution in [-0.2, 0) is 0 Å². The van der Waals surface area contributed by atoms with E-state index in [4.69, 9.17) is 0 Å². The first-order chi connectivity index (χ1) is 7.40. The molecule has 0 unspecified atom stereocenters. The van der Waals surface area contributed by atoms with E-state index in [1.807, 2.05) is 12.1 Å². The van der Waals surface area contributed by atoms with Gasteiger partial charge in [0.25, 0.3) is 0 Å². The van der Waals surface area contributed by atoms with E-state index < -0.39 is 0 Å². The molecule has 80 valence electrons. The smallest absolute Gasteiger partial charge is 0.187 e. The van der Waals surface area contributed by atoms with E-state index >= 15 is 0 Å². The molecule has 0 aromatic carbocycles. The highest BCUT2D eigenvalue weighted by Crippen LogP contribution is 2.40. The van der Waals surface area contributed by atoms with Gasteiger partial charge in [0.2, 0.25) is 0 Å². The predicted molar refractivity (Wildman–Crippen MR) is 63.8 cm³/mol. The molecule has 2 rings (SSSR count). The molecule has 1 aromatic heterocycles. The lowest BCUT2D eigenvalue weighted by molar-refractivity contribution is 0.526. The molecule has 15 heavy (non-hydrogen) atoms. The van der Waals surface area contributed by atoms with Crippen LogP contribution >= 0.6 is 11.8 Å². The number of hydrogen-bond acceptors (Lipinski definition) is 3. The minimum Gasteiger partial charge on any atom is -0.231 e. The first kappa shape index (κ1) is 10.7. The number of aromatic nitrogens is 2. The monoisotopic (exact) mass is 220 g/mol. The van der Waals surface area contributed by atoms with E-state index in [1.165, 1.54) is 12.8 Å². The number of thioether (sulfide) groups is 1. The molecule has 0 radical (unpaired) electrons. The maximum Gasteiger partial charge on any atom is 0.187 e. The summed E-state index contributed by atoms with van der Waals surface area (Å²) < 4.78 is 0. The summed E-state index contributed by atoms with van der Waals surface area (Å²) in [4.78, 5) is 8.43. The van der Waals surface area contributed by atoms with E-state index in [1.54, 1.807) is 24.2 Å². The molecule has 0 N–H and O–H groups in total. The van der Waals surface area contributed by atoms with Gasteiger partial charge in [-0.1, -0.05) is 17.8 Å². The fourth-order valence-electron chi connectivity index (χ4n) is 1.72. The Balaban J connectivity index is 1.82. The standard InChI is InChI=1S/C12H16N2S/c1-2-4-11(10-5-6-10)9-15-12-13-7-3-8-14-12/h2-3,7-8,10-11H,1,4-6,9H2/t11-/m1/s1. The Morgan fingerprint density at radius 2 is 2.20 bits per heavy atom. The van der Waals surface area contributed by atoms with E-state index in [0.29, 0.717) is 0 Å². The predicted octanol–water partition coefficient (Wildman–Crippen LogP) is 3.17. The van der Waals surface area contributed by atoms with Gasteiger partial charge >= 0.3 is 0 Å². The first-order valence-electron chi connectivity index (χ1n) is 5.41. The van der Waals surface area contributed by atoms with Gasteiger partial charge in [-0.2, -0.15) is 0 Å². The Hall–Kier alpha value is -0.830. The Labute approximate surface area is 95.2 Å². The normalized spacial score (nSPS) is 17.3. The van der Waals surface area contributed by atoms with Crippen LogP contribution in [0.2, 0.25) is 0 Å². The Morgan fingerprint density at radius 1 is 1.47 bits per heavy atom. The molecular formula is C12H16N2S. The van der Waals surface area contributed by atoms with Gasteiger partial charge in [0, 0.05) is 18.1 Å². The van der Waals surface area contributed by atoms with Crippen molar-refractivity contribution in [1.29, 1.82) is 0 Å². The minimum absolute atomic E-state index is 0.774. The third-order valence-corrected chi connectivity index (χ3v) is 3.79. The van der Waals surface area contributed by atoms with Crippen molar-refractivity contribution in [2.75, 3.05) is 5.75 Å². The molecule has 1 aliphatic rings. The van der Waals surface area contributed by atoms with Crippen molar-refractivity contribution in [1.82, 2.24) is 9.97 Å². The van der Waals surface area contributed by atoms with Crippen molar-refractivity contribution < 1.29 is 0 Å². The van der Waals surface area contributed by atoms with E-state index in [0.717, 1.165) is 29.2 Å². The van der Waals surface area contributed by atoms with Crippen molar-refractivity contribution in [3.05, 3.63) is 31.1 Å². The lowest BCUT2D eigenvalue weighted by atomic mass is 10.0. The van der Waals surface area contributed by atoms with Gasteiger partial charge in [-0.25, -0.2) is 9.97 Å². The summed E-state index contributed by atoms with van der Waals surface area (Å²) in [5.41, 5.74) is 0. The summed E-state index contributed by atoms with van der Waals surface area (Å²) in [5.74, 6) is 2.83. The van der Waals surface area contributed by atoms with Gasteiger partial charge in [0.05, 0.1) is 0 Å². The lowest BCUT2D eigenvalue weighted by Crippen LogP contribution is -2.05. The molecule has 1 atom stereocenters. The SMILES string of the molecule is C=CC[C@H](CSc1ncccn1)C1CC1. The molecule has 0 bridgehead atoms. The van der Waals surface area contributed by atoms with Crippen molar-refractivity contribution in [3.63, 3.8) is 0 Å². The summed E-state index contributed by atoms with van der Waals surface area (Å²) in [5, 5.41) is 0.896. The van der Waals surface area contributed by atoms with Crippen molar-refractivity contribution in [2.24, 2.45) is 11.8 Å². The Morgan fingerprint density at radius 3 is 2.80 bits per heavy atom. The molecule has 1 fully saturated rings. The summed E-state index contributed by atoms with van der Waals surface area (Å²) in [6, 6.07) is 1.85. The summed E-state index contributed by atoms with van der Waals surface area (Å²) >= 11 is 1.77. The van der Waals surface area contributed by atoms with Crippen molar-refractivity contribution in [2.45, 2.75) is 24.4 Å². The maximum atomic E-state index is 4.22. The molecule has 0 amide bonds. The fourth-order valence-corrected chi connectivity index (χ4v) is 2.76. The zero-order chi connectivity index (χ0) is 10.5. The van der Waals surface area contributed by atoms with Crippen LogP contribution in [0.15, 0.2) is 36.3 Å². The molecule has 0 aliphatic heterocycles. The van der Waals surface area contributed by atoms with Crippen LogP contribution in [0.5, 0.6) is 0 Å². The second-order valence-corrected chi connectivity index (χ2v) is 4.95. The van der Waals surface area contributed by atoms with Gasteiger partial charge in [-0.15, -0.1) is 6.58 Å². The largest absolute Gasteiger partial charge is 0.231 e. The quantitative estimate of drug-likeness (QED) is 0.418. The fraction of sp³-hybridized carbons (Fsp3) is 0.500. The number of hydrogen-bond donors (Lipinski definition) is 0. The van der Waals surface area contributed by atoms with Crippen LogP contribution in [-0.4, -0.2) is 15.7 Å². The molecule has 1 heterocycles. The number of rotatable bonds is 6. The summed E-state index contributed by atoms with van der Waals surface area (Å²) in [7, 11) is 0. The highest BCUT2D eigenvalue weighted by Gasteiger charge is 2.30. The average Bonchev–Trinajstić information content (AvgIpc) is 3.09. The van der Waals surface area contributed by atoms with Crippen LogP contribution < -0.4 is 0 Å². The second kappa shape index (κ2) is 5.31. The molecule has 1 aliphatic carbocycles. The maximum absolute atomic E-state index is 4.22. The average molecular weight is 220 g/mol. The van der Waals surface area contributed by atoms with Gasteiger partial charge < -0.3 is 0 Å². The van der Waals surface area contributed by atoms with Gasteiger partial charge in [0.1, 0.15) is 0 Å². The minimum atomic E-state index is 0.774. The third kappa shape index (κ3) is 3.34. The van der Waals surface area contributed by atoms with Gasteiger partial charge in [0.15, 0.2) is 5.16 Å². The van der Waals surface area contributed by atoms with Crippen molar-refractivity contribution in [3.8, 4) is 0 Å². The zero-order valence-electron chi connectivity index (χ0n) is 8.80. The highest BCUT2D eigenvalue weighted by atomic mass is 32.2. The van der Waals surface area contributed by atoms with Gasteiger partial charge in [-0.3, -0.25) is 0 Å². The van der Waals surface area contributed by atoms with Crippen LogP contribution in [0.3, 0.4) is 0 Å². The second-order valence-electron chi connectivity index (χ2n) is 3.96. The van der Waals surface area contributed by atoms with Gasteiger partial charge in [-0.05, 0) is 37.2 Å². The van der Waals surface area contributed by atoms with E-state index in [2.05, 4.69) is 16.5 Å². The molecule has 1 saturated carbocycles. The summed E-state index contributed by atoms with van der Waals surface area (Å²) in [6.45, 7) is 3.83. The van der Waals surface area contributed by atoms with Crippen LogP contribution in [0.25, 0.3) is 0 Å². The molecule has 0 spiro atoms. The van der Waals surface area contributed by atoms with Crippen LogP contribution in [0, 0.1) is 11.8 Å². The first-order valence-corrected chi connectivity index (χ1v) is 6.39. The van der Waals surface area contributed by atoms with Crippen LogP contribution in [0.4, 0.5) is 0 Å². The topological polar surface area (TPSA) is 25.8 Å². The molecule has 1 aromatic rings. The molecule has 3 heteroatoms.